The monoisotopic (exact) mass is 374 g/mol. The molecule has 0 N–H and O–H groups in total. The van der Waals surface area contributed by atoms with Crippen LogP contribution in [-0.2, 0) is 9.31 Å². The van der Waals surface area contributed by atoms with E-state index in [1.54, 1.807) is 7.11 Å². The maximum Gasteiger partial charge on any atom is 0.497 e. The summed E-state index contributed by atoms with van der Waals surface area (Å²) in [6.45, 7) is 15.6. The minimum absolute atomic E-state index is 0.427. The van der Waals surface area contributed by atoms with E-state index < -0.39 is 18.3 Å². The van der Waals surface area contributed by atoms with Crippen LogP contribution in [0.25, 0.3) is 21.4 Å². The molecule has 0 amide bonds. The molecule has 0 unspecified atom stereocenters. The first-order chi connectivity index (χ1) is 13.3. The fourth-order valence-corrected chi connectivity index (χ4v) is 3.43. The Morgan fingerprint density at radius 3 is 2.21 bits per heavy atom. The summed E-state index contributed by atoms with van der Waals surface area (Å²) in [6.07, 6.45) is 2.04. The number of rotatable bonds is 3. The maximum atomic E-state index is 7.38. The van der Waals surface area contributed by atoms with Crippen molar-refractivity contribution in [2.75, 3.05) is 7.11 Å². The Balaban J connectivity index is 1.88. The van der Waals surface area contributed by atoms with Crippen LogP contribution in [0.15, 0.2) is 48.7 Å². The number of aromatic nitrogens is 1. The normalized spacial score (nSPS) is 17.6. The maximum absolute atomic E-state index is 7.38. The molecule has 1 aromatic heterocycles. The number of benzene rings is 2. The Labute approximate surface area is 165 Å². The van der Waals surface area contributed by atoms with Crippen molar-refractivity contribution in [1.29, 1.82) is 0 Å². The third kappa shape index (κ3) is 2.88. The van der Waals surface area contributed by atoms with Crippen LogP contribution < -0.4 is 10.2 Å². The van der Waals surface area contributed by atoms with Gasteiger partial charge in [-0.25, -0.2) is 4.85 Å². The first kappa shape index (κ1) is 18.6. The van der Waals surface area contributed by atoms with Crippen LogP contribution in [0, 0.1) is 6.57 Å². The zero-order valence-electron chi connectivity index (χ0n) is 16.8. The summed E-state index contributed by atoms with van der Waals surface area (Å²) in [5.41, 5.74) is 2.67. The molecule has 0 saturated carbocycles. The van der Waals surface area contributed by atoms with Crippen molar-refractivity contribution in [3.63, 3.8) is 0 Å². The van der Waals surface area contributed by atoms with Gasteiger partial charge < -0.3 is 18.6 Å². The fraction of sp³-hybridized carbons (Fsp3) is 0.318. The summed E-state index contributed by atoms with van der Waals surface area (Å²) in [4.78, 5) is 3.59. The van der Waals surface area contributed by atoms with Gasteiger partial charge in [0.05, 0.1) is 24.9 Å². The van der Waals surface area contributed by atoms with Crippen molar-refractivity contribution in [1.82, 2.24) is 4.57 Å². The standard InChI is InChI=1S/C22H23BN2O3/c1-21(2)22(3,4)28-23(27-21)19-14-25(16-8-10-17(26-6)11-9-16)20-12-7-15(24-5)13-18(19)20/h7-14H,1-4,6H3. The van der Waals surface area contributed by atoms with E-state index in [4.69, 9.17) is 20.6 Å². The lowest BCUT2D eigenvalue weighted by Gasteiger charge is -2.32. The van der Waals surface area contributed by atoms with Gasteiger partial charge in [0.25, 0.3) is 0 Å². The molecule has 28 heavy (non-hydrogen) atoms. The lowest BCUT2D eigenvalue weighted by Crippen LogP contribution is -2.41. The highest BCUT2D eigenvalue weighted by Gasteiger charge is 2.52. The highest BCUT2D eigenvalue weighted by atomic mass is 16.7. The van der Waals surface area contributed by atoms with Crippen LogP contribution in [0.1, 0.15) is 27.7 Å². The topological polar surface area (TPSA) is 37.0 Å². The Morgan fingerprint density at radius 1 is 1.00 bits per heavy atom. The van der Waals surface area contributed by atoms with Crippen molar-refractivity contribution >= 4 is 29.2 Å². The summed E-state index contributed by atoms with van der Waals surface area (Å²) < 4.78 is 19.9. The number of hydrogen-bond donors (Lipinski definition) is 0. The minimum Gasteiger partial charge on any atom is -0.497 e. The van der Waals surface area contributed by atoms with E-state index in [2.05, 4.69) is 9.41 Å². The molecule has 5 nitrogen and oxygen atoms in total. The molecule has 2 heterocycles. The van der Waals surface area contributed by atoms with E-state index in [-0.39, 0.29) is 0 Å². The minimum atomic E-state index is -0.493. The van der Waals surface area contributed by atoms with Crippen molar-refractivity contribution in [3.8, 4) is 11.4 Å². The lowest BCUT2D eigenvalue weighted by atomic mass is 9.79. The van der Waals surface area contributed by atoms with Crippen molar-refractivity contribution in [2.24, 2.45) is 0 Å². The van der Waals surface area contributed by atoms with E-state index in [0.717, 1.165) is 27.8 Å². The van der Waals surface area contributed by atoms with Crippen molar-refractivity contribution in [3.05, 3.63) is 60.1 Å². The zero-order valence-corrected chi connectivity index (χ0v) is 16.8. The van der Waals surface area contributed by atoms with Crippen LogP contribution >= 0.6 is 0 Å². The Morgan fingerprint density at radius 2 is 1.64 bits per heavy atom. The smallest absolute Gasteiger partial charge is 0.497 e. The van der Waals surface area contributed by atoms with E-state index in [0.29, 0.717) is 5.69 Å². The van der Waals surface area contributed by atoms with Gasteiger partial charge in [-0.1, -0.05) is 6.07 Å². The highest BCUT2D eigenvalue weighted by molar-refractivity contribution is 6.65. The first-order valence-electron chi connectivity index (χ1n) is 9.28. The molecule has 0 spiro atoms. The molecule has 0 bridgehead atoms. The molecule has 1 aliphatic heterocycles. The molecule has 3 aromatic rings. The van der Waals surface area contributed by atoms with E-state index >= 15 is 0 Å². The molecule has 1 saturated heterocycles. The second kappa shape index (κ2) is 6.40. The molecule has 2 aromatic carbocycles. The number of methoxy groups -OCH3 is 1. The van der Waals surface area contributed by atoms with Gasteiger partial charge in [-0.15, -0.1) is 0 Å². The largest absolute Gasteiger partial charge is 0.497 e. The van der Waals surface area contributed by atoms with E-state index in [1.807, 2.05) is 76.4 Å². The highest BCUT2D eigenvalue weighted by Crippen LogP contribution is 2.37. The molecular formula is C22H23BN2O3. The summed E-state index contributed by atoms with van der Waals surface area (Å²) in [6, 6.07) is 13.6. The Bertz CT molecular complexity index is 1060. The second-order valence-electron chi connectivity index (χ2n) is 8.05. The van der Waals surface area contributed by atoms with Crippen LogP contribution in [0.3, 0.4) is 0 Å². The van der Waals surface area contributed by atoms with Gasteiger partial charge >= 0.3 is 7.12 Å². The summed E-state index contributed by atoms with van der Waals surface area (Å²) in [5.74, 6) is 0.807. The number of fused-ring (bicyclic) bond motifs is 1. The van der Waals surface area contributed by atoms with Crippen molar-refractivity contribution < 1.29 is 14.0 Å². The van der Waals surface area contributed by atoms with Crippen LogP contribution in [-0.4, -0.2) is 30.0 Å². The average Bonchev–Trinajstić information content (AvgIpc) is 3.15. The molecule has 0 aliphatic carbocycles. The predicted octanol–water partition coefficient (Wildman–Crippen LogP) is 4.49. The summed E-state index contributed by atoms with van der Waals surface area (Å²) >= 11 is 0. The van der Waals surface area contributed by atoms with Crippen LogP contribution in [0.4, 0.5) is 5.69 Å². The lowest BCUT2D eigenvalue weighted by molar-refractivity contribution is 0.00578. The van der Waals surface area contributed by atoms with E-state index in [9.17, 15) is 0 Å². The number of hydrogen-bond acceptors (Lipinski definition) is 3. The van der Waals surface area contributed by atoms with E-state index in [1.165, 1.54) is 0 Å². The van der Waals surface area contributed by atoms with Gasteiger partial charge in [-0.2, -0.15) is 0 Å². The Kier molecular flexibility index (Phi) is 4.26. The van der Waals surface area contributed by atoms with Gasteiger partial charge in [0.1, 0.15) is 5.75 Å². The number of nitrogens with zero attached hydrogens (tertiary/aromatic N) is 2. The number of ether oxygens (including phenoxy) is 1. The van der Waals surface area contributed by atoms with Gasteiger partial charge in [-0.05, 0) is 69.5 Å². The Hall–Kier alpha value is -2.75. The summed E-state index contributed by atoms with van der Waals surface area (Å²) in [7, 11) is 1.16. The summed E-state index contributed by atoms with van der Waals surface area (Å²) in [5, 5.41) is 0.961. The molecule has 4 rings (SSSR count). The molecule has 1 aliphatic rings. The zero-order chi connectivity index (χ0) is 20.1. The third-order valence-corrected chi connectivity index (χ3v) is 5.81. The SMILES string of the molecule is [C-]#[N+]c1ccc2c(c1)c(B1OC(C)(C)C(C)(C)O1)cn2-c1ccc(OC)cc1. The quantitative estimate of drug-likeness (QED) is 0.501. The van der Waals surface area contributed by atoms with Gasteiger partial charge in [0, 0.05) is 22.9 Å². The predicted molar refractivity (Wildman–Crippen MR) is 112 cm³/mol. The molecule has 6 heteroatoms. The fourth-order valence-electron chi connectivity index (χ4n) is 3.43. The van der Waals surface area contributed by atoms with Crippen molar-refractivity contribution in [2.45, 2.75) is 38.9 Å². The van der Waals surface area contributed by atoms with Gasteiger partial charge in [-0.3, -0.25) is 0 Å². The molecular weight excluding hydrogens is 351 g/mol. The molecule has 1 fully saturated rings. The average molecular weight is 374 g/mol. The van der Waals surface area contributed by atoms with Gasteiger partial charge in [0.2, 0.25) is 0 Å². The molecule has 142 valence electrons. The third-order valence-electron chi connectivity index (χ3n) is 5.81. The van der Waals surface area contributed by atoms with Crippen LogP contribution in [0.2, 0.25) is 0 Å². The van der Waals surface area contributed by atoms with Gasteiger partial charge in [0.15, 0.2) is 5.69 Å². The first-order valence-corrected chi connectivity index (χ1v) is 9.28. The van der Waals surface area contributed by atoms with Crippen LogP contribution in [0.5, 0.6) is 5.75 Å². The molecule has 0 atom stereocenters. The molecule has 0 radical (unpaired) electrons. The second-order valence-corrected chi connectivity index (χ2v) is 8.05.